The second-order valence-electron chi connectivity index (χ2n) is 6.38. The lowest BCUT2D eigenvalue weighted by molar-refractivity contribution is -0.139. The van der Waals surface area contributed by atoms with Crippen molar-refractivity contribution < 1.29 is 19.4 Å². The maximum absolute atomic E-state index is 12.6. The molecule has 0 spiro atoms. The summed E-state index contributed by atoms with van der Waals surface area (Å²) >= 11 is 0. The van der Waals surface area contributed by atoms with Gasteiger partial charge in [-0.05, 0) is 44.2 Å². The van der Waals surface area contributed by atoms with Gasteiger partial charge in [0.1, 0.15) is 5.75 Å². The van der Waals surface area contributed by atoms with E-state index in [1.807, 2.05) is 54.8 Å². The summed E-state index contributed by atoms with van der Waals surface area (Å²) in [6.07, 6.45) is 1.42. The minimum atomic E-state index is -1.07. The lowest BCUT2D eigenvalue weighted by Gasteiger charge is -2.09. The lowest BCUT2D eigenvalue weighted by atomic mass is 10.2. The molecule has 3 aromatic rings. The summed E-state index contributed by atoms with van der Waals surface area (Å²) in [5, 5.41) is 12.8. The van der Waals surface area contributed by atoms with Gasteiger partial charge in [0.05, 0.1) is 11.8 Å². The predicted molar refractivity (Wildman–Crippen MR) is 110 cm³/mol. The van der Waals surface area contributed by atoms with Crippen molar-refractivity contribution in [2.45, 2.75) is 13.8 Å². The molecule has 0 bridgehead atoms. The Hall–Kier alpha value is -3.87. The van der Waals surface area contributed by atoms with Gasteiger partial charge in [0.25, 0.3) is 5.91 Å². The summed E-state index contributed by atoms with van der Waals surface area (Å²) in [4.78, 5) is 23.3. The van der Waals surface area contributed by atoms with Crippen LogP contribution in [0.2, 0.25) is 0 Å². The van der Waals surface area contributed by atoms with E-state index in [0.717, 1.165) is 17.1 Å². The Kier molecular flexibility index (Phi) is 6.09. The van der Waals surface area contributed by atoms with E-state index < -0.39 is 12.6 Å². The van der Waals surface area contributed by atoms with Crippen molar-refractivity contribution in [3.8, 4) is 11.4 Å². The number of aromatic nitrogens is 1. The smallest absolute Gasteiger partial charge is 0.341 e. The molecule has 2 N–H and O–H groups in total. The Morgan fingerprint density at radius 3 is 2.52 bits per heavy atom. The van der Waals surface area contributed by atoms with E-state index in [1.165, 1.54) is 6.21 Å². The van der Waals surface area contributed by atoms with Crippen molar-refractivity contribution >= 4 is 18.1 Å². The molecule has 29 heavy (non-hydrogen) atoms. The van der Waals surface area contributed by atoms with Crippen LogP contribution in [-0.4, -0.2) is 34.4 Å². The van der Waals surface area contributed by atoms with Crippen molar-refractivity contribution in [2.75, 3.05) is 6.61 Å². The average Bonchev–Trinajstić information content (AvgIpc) is 3.02. The zero-order valence-corrected chi connectivity index (χ0v) is 16.1. The van der Waals surface area contributed by atoms with Crippen molar-refractivity contribution in [2.24, 2.45) is 5.10 Å². The summed E-state index contributed by atoms with van der Waals surface area (Å²) in [5.41, 5.74) is 6.34. The molecule has 0 atom stereocenters. The molecule has 1 aromatic heterocycles. The number of carbonyl (C=O) groups excluding carboxylic acids is 1. The predicted octanol–water partition coefficient (Wildman–Crippen LogP) is 3.32. The van der Waals surface area contributed by atoms with Crippen molar-refractivity contribution in [3.63, 3.8) is 0 Å². The van der Waals surface area contributed by atoms with E-state index in [0.29, 0.717) is 16.9 Å². The van der Waals surface area contributed by atoms with Crippen molar-refractivity contribution in [1.82, 2.24) is 9.99 Å². The minimum absolute atomic E-state index is 0.333. The SMILES string of the molecule is Cc1cc(C(=O)N/N=C\c2ccccc2OCC(=O)O)c(C)n1-c1ccccc1. The highest BCUT2D eigenvalue weighted by Gasteiger charge is 2.16. The maximum Gasteiger partial charge on any atom is 0.341 e. The van der Waals surface area contributed by atoms with Crippen LogP contribution in [0.1, 0.15) is 27.3 Å². The molecule has 0 radical (unpaired) electrons. The van der Waals surface area contributed by atoms with Crippen LogP contribution in [0.15, 0.2) is 65.8 Å². The Labute approximate surface area is 168 Å². The number of nitrogens with one attached hydrogen (secondary N) is 1. The lowest BCUT2D eigenvalue weighted by Crippen LogP contribution is -2.18. The molecular weight excluding hydrogens is 370 g/mol. The third-order valence-corrected chi connectivity index (χ3v) is 4.33. The molecule has 0 aliphatic heterocycles. The van der Waals surface area contributed by atoms with Gasteiger partial charge in [0, 0.05) is 22.6 Å². The van der Waals surface area contributed by atoms with E-state index in [4.69, 9.17) is 9.84 Å². The molecule has 148 valence electrons. The average molecular weight is 391 g/mol. The molecule has 2 aromatic carbocycles. The number of aryl methyl sites for hydroxylation is 1. The maximum atomic E-state index is 12.6. The molecule has 1 amide bonds. The van der Waals surface area contributed by atoms with Crippen molar-refractivity contribution in [3.05, 3.63) is 83.2 Å². The molecule has 0 saturated heterocycles. The first-order valence-corrected chi connectivity index (χ1v) is 8.98. The quantitative estimate of drug-likeness (QED) is 0.477. The molecule has 0 unspecified atom stereocenters. The molecule has 0 aliphatic rings. The van der Waals surface area contributed by atoms with Gasteiger partial charge in [0.2, 0.25) is 0 Å². The van der Waals surface area contributed by atoms with E-state index in [1.54, 1.807) is 24.3 Å². The highest BCUT2D eigenvalue weighted by atomic mass is 16.5. The Morgan fingerprint density at radius 2 is 1.79 bits per heavy atom. The van der Waals surface area contributed by atoms with Gasteiger partial charge in [-0.15, -0.1) is 0 Å². The number of benzene rings is 2. The fourth-order valence-corrected chi connectivity index (χ4v) is 3.05. The number of hydrogen-bond acceptors (Lipinski definition) is 4. The molecular formula is C22H21N3O4. The van der Waals surface area contributed by atoms with Gasteiger partial charge in [-0.25, -0.2) is 10.2 Å². The van der Waals surface area contributed by atoms with E-state index in [9.17, 15) is 9.59 Å². The number of para-hydroxylation sites is 2. The number of hydrazone groups is 1. The Balaban J connectivity index is 1.75. The number of amides is 1. The summed E-state index contributed by atoms with van der Waals surface area (Å²) in [5.74, 6) is -1.03. The minimum Gasteiger partial charge on any atom is -0.481 e. The number of hydrogen-bond donors (Lipinski definition) is 2. The van der Waals surface area contributed by atoms with E-state index in [-0.39, 0.29) is 5.91 Å². The summed E-state index contributed by atoms with van der Waals surface area (Å²) in [6.45, 7) is 3.37. The molecule has 7 nitrogen and oxygen atoms in total. The molecule has 0 saturated carbocycles. The van der Waals surface area contributed by atoms with Crippen LogP contribution in [0.25, 0.3) is 5.69 Å². The van der Waals surface area contributed by atoms with E-state index >= 15 is 0 Å². The first-order valence-electron chi connectivity index (χ1n) is 8.98. The second-order valence-corrected chi connectivity index (χ2v) is 6.38. The van der Waals surface area contributed by atoms with Gasteiger partial charge in [-0.1, -0.05) is 30.3 Å². The zero-order valence-electron chi connectivity index (χ0n) is 16.1. The van der Waals surface area contributed by atoms with Crippen LogP contribution in [0.4, 0.5) is 0 Å². The summed E-state index contributed by atoms with van der Waals surface area (Å²) in [7, 11) is 0. The van der Waals surface area contributed by atoms with Crippen LogP contribution in [0.3, 0.4) is 0 Å². The Bertz CT molecular complexity index is 1060. The highest BCUT2D eigenvalue weighted by Crippen LogP contribution is 2.20. The Morgan fingerprint density at radius 1 is 1.10 bits per heavy atom. The van der Waals surface area contributed by atoms with Gasteiger partial charge >= 0.3 is 5.97 Å². The number of rotatable bonds is 7. The first-order chi connectivity index (χ1) is 14.0. The second kappa shape index (κ2) is 8.88. The first kappa shape index (κ1) is 19.9. The fourth-order valence-electron chi connectivity index (χ4n) is 3.05. The molecule has 0 fully saturated rings. The number of nitrogens with zero attached hydrogens (tertiary/aromatic N) is 2. The standard InChI is InChI=1S/C22H21N3O4/c1-15-12-19(16(2)25(15)18-9-4-3-5-10-18)22(28)24-23-13-17-8-6-7-11-20(17)29-14-21(26)27/h3-13H,14H2,1-2H3,(H,24,28)(H,26,27)/b23-13-. The van der Waals surface area contributed by atoms with Crippen LogP contribution >= 0.6 is 0 Å². The van der Waals surface area contributed by atoms with E-state index in [2.05, 4.69) is 10.5 Å². The zero-order chi connectivity index (χ0) is 20.8. The van der Waals surface area contributed by atoms with Gasteiger partial charge < -0.3 is 14.4 Å². The monoisotopic (exact) mass is 391 g/mol. The number of carboxylic acid groups (broad SMARTS) is 1. The number of ether oxygens (including phenoxy) is 1. The van der Waals surface area contributed by atoms with Gasteiger partial charge in [0.15, 0.2) is 6.61 Å². The third-order valence-electron chi connectivity index (χ3n) is 4.33. The number of carboxylic acids is 1. The molecule has 0 aliphatic carbocycles. The molecule has 3 rings (SSSR count). The largest absolute Gasteiger partial charge is 0.481 e. The van der Waals surface area contributed by atoms with Gasteiger partial charge in [-0.3, -0.25) is 4.79 Å². The van der Waals surface area contributed by atoms with Crippen LogP contribution in [-0.2, 0) is 4.79 Å². The van der Waals surface area contributed by atoms with Crippen molar-refractivity contribution in [1.29, 1.82) is 0 Å². The third kappa shape index (κ3) is 4.70. The summed E-state index contributed by atoms with van der Waals surface area (Å²) < 4.78 is 7.23. The number of carbonyl (C=O) groups is 2. The number of aliphatic carboxylic acids is 1. The highest BCUT2D eigenvalue weighted by molar-refractivity contribution is 5.96. The van der Waals surface area contributed by atoms with Crippen LogP contribution < -0.4 is 10.2 Å². The fraction of sp³-hybridized carbons (Fsp3) is 0.136. The normalized spacial score (nSPS) is 10.8. The summed E-state index contributed by atoms with van der Waals surface area (Å²) in [6, 6.07) is 18.5. The molecule has 1 heterocycles. The van der Waals surface area contributed by atoms with Crippen LogP contribution in [0.5, 0.6) is 5.75 Å². The van der Waals surface area contributed by atoms with Crippen LogP contribution in [0, 0.1) is 13.8 Å². The van der Waals surface area contributed by atoms with Gasteiger partial charge in [-0.2, -0.15) is 5.10 Å². The topological polar surface area (TPSA) is 92.9 Å². The molecule has 7 heteroatoms.